The van der Waals surface area contributed by atoms with Crippen molar-refractivity contribution in [3.8, 4) is 0 Å². The number of fused-ring (bicyclic) bond motifs is 7. The standard InChI is InChI=1S/C51H70O6/c1-33-31-54-44(42(34(33)2)57-43(52)36-18-14-11-15-19-36)56-41-23-24-48(7)39(47(41,5)6)22-25-50(9)40(48)21-20-37-38-30-46(3,4)26-28-51(38,29-27-49(37,50)8)45(53)55-32-35-16-12-10-13-17-35/h10-20,33-34,38-42,44H,21-32H2,1-9H3/t33-,34-,38-,39-,40+,41-,42+,44-,48-,49+,50+,51-/m0/s1. The Morgan fingerprint density at radius 3 is 2.19 bits per heavy atom. The van der Waals surface area contributed by atoms with Gasteiger partial charge in [-0.15, -0.1) is 0 Å². The first kappa shape index (κ1) is 40.8. The van der Waals surface area contributed by atoms with Crippen molar-refractivity contribution in [3.63, 3.8) is 0 Å². The Kier molecular flexibility index (Phi) is 10.5. The Labute approximate surface area is 343 Å². The van der Waals surface area contributed by atoms with Gasteiger partial charge in [-0.1, -0.05) is 122 Å². The normalized spacial score (nSPS) is 41.9. The first-order valence-corrected chi connectivity index (χ1v) is 22.4. The number of hydrogen-bond donors (Lipinski definition) is 0. The van der Waals surface area contributed by atoms with Crippen molar-refractivity contribution in [1.82, 2.24) is 0 Å². The van der Waals surface area contributed by atoms with Gasteiger partial charge < -0.3 is 18.9 Å². The minimum absolute atomic E-state index is 0.00425. The summed E-state index contributed by atoms with van der Waals surface area (Å²) in [5.41, 5.74) is 3.13. The maximum absolute atomic E-state index is 14.4. The van der Waals surface area contributed by atoms with Crippen molar-refractivity contribution < 1.29 is 28.5 Å². The fraction of sp³-hybridized carbons (Fsp3) is 0.686. The molecule has 0 N–H and O–H groups in total. The van der Waals surface area contributed by atoms with E-state index >= 15 is 0 Å². The van der Waals surface area contributed by atoms with E-state index in [4.69, 9.17) is 18.9 Å². The lowest BCUT2D eigenvalue weighted by Crippen LogP contribution is -2.65. The highest BCUT2D eigenvalue weighted by molar-refractivity contribution is 5.89. The van der Waals surface area contributed by atoms with Gasteiger partial charge in [0, 0.05) is 5.92 Å². The third-order valence-electron chi connectivity index (χ3n) is 18.0. The van der Waals surface area contributed by atoms with E-state index in [-0.39, 0.29) is 62.9 Å². The van der Waals surface area contributed by atoms with Crippen LogP contribution in [-0.4, -0.2) is 37.0 Å². The number of benzene rings is 2. The zero-order valence-electron chi connectivity index (χ0n) is 36.4. The van der Waals surface area contributed by atoms with Gasteiger partial charge in [0.1, 0.15) is 6.61 Å². The fourth-order valence-electron chi connectivity index (χ4n) is 14.0. The van der Waals surface area contributed by atoms with E-state index in [1.807, 2.05) is 48.5 Å². The Hall–Kier alpha value is -2.96. The van der Waals surface area contributed by atoms with Gasteiger partial charge in [0.05, 0.1) is 23.7 Å². The third kappa shape index (κ3) is 6.66. The second-order valence-corrected chi connectivity index (χ2v) is 21.7. The Morgan fingerprint density at radius 1 is 0.789 bits per heavy atom. The maximum atomic E-state index is 14.4. The molecular formula is C51H70O6. The Bertz CT molecular complexity index is 1830. The van der Waals surface area contributed by atoms with Gasteiger partial charge in [-0.3, -0.25) is 4.79 Å². The molecule has 0 unspecified atom stereocenters. The first-order valence-electron chi connectivity index (χ1n) is 22.4. The quantitative estimate of drug-likeness (QED) is 0.158. The van der Waals surface area contributed by atoms with E-state index in [9.17, 15) is 9.59 Å². The summed E-state index contributed by atoms with van der Waals surface area (Å²) in [6, 6.07) is 19.4. The second kappa shape index (κ2) is 14.6. The Morgan fingerprint density at radius 2 is 1.47 bits per heavy atom. The van der Waals surface area contributed by atoms with E-state index in [1.165, 1.54) is 6.42 Å². The molecule has 12 atom stereocenters. The molecule has 5 aliphatic carbocycles. The van der Waals surface area contributed by atoms with E-state index in [0.717, 1.165) is 63.4 Å². The average Bonchev–Trinajstić information content (AvgIpc) is 3.18. The third-order valence-corrected chi connectivity index (χ3v) is 18.0. The summed E-state index contributed by atoms with van der Waals surface area (Å²) >= 11 is 0. The van der Waals surface area contributed by atoms with Crippen LogP contribution >= 0.6 is 0 Å². The fourth-order valence-corrected chi connectivity index (χ4v) is 14.0. The molecule has 1 aliphatic heterocycles. The molecule has 0 spiro atoms. The SMILES string of the molecule is C[C@@H]1[C@@H](OC(=O)c2ccccc2)[C@H](O[C@H]2CC[C@]3(C)[C@H]4CC=C5[C@@H]6CC(C)(C)CC[C@]6(C(=O)OCc6ccccc6)CC[C@@]5(C)[C@]4(C)CC[C@H]3C2(C)C)OC[C@@H]1C. The zero-order valence-corrected chi connectivity index (χ0v) is 36.4. The summed E-state index contributed by atoms with van der Waals surface area (Å²) in [5.74, 6) is 1.32. The molecule has 6 nitrogen and oxygen atoms in total. The highest BCUT2D eigenvalue weighted by Gasteiger charge is 2.69. The van der Waals surface area contributed by atoms with Crippen LogP contribution < -0.4 is 0 Å². The van der Waals surface area contributed by atoms with E-state index in [1.54, 1.807) is 5.57 Å². The van der Waals surface area contributed by atoms with Gasteiger partial charge in [0.15, 0.2) is 12.4 Å². The van der Waals surface area contributed by atoms with Crippen LogP contribution in [0.3, 0.4) is 0 Å². The summed E-state index contributed by atoms with van der Waals surface area (Å²) in [6.07, 6.45) is 12.0. The molecule has 5 fully saturated rings. The van der Waals surface area contributed by atoms with Crippen molar-refractivity contribution in [1.29, 1.82) is 0 Å². The molecule has 57 heavy (non-hydrogen) atoms. The average molecular weight is 779 g/mol. The van der Waals surface area contributed by atoms with Crippen LogP contribution in [-0.2, 0) is 30.3 Å². The van der Waals surface area contributed by atoms with Crippen LogP contribution in [0.15, 0.2) is 72.3 Å². The molecule has 2 aromatic carbocycles. The number of allylic oxidation sites excluding steroid dienone is 2. The molecule has 4 saturated carbocycles. The predicted octanol–water partition coefficient (Wildman–Crippen LogP) is 11.8. The molecule has 0 aromatic heterocycles. The molecular weight excluding hydrogens is 709 g/mol. The molecule has 2 aromatic rings. The monoisotopic (exact) mass is 779 g/mol. The topological polar surface area (TPSA) is 71.1 Å². The van der Waals surface area contributed by atoms with Crippen molar-refractivity contribution in [2.75, 3.05) is 6.61 Å². The smallest absolute Gasteiger partial charge is 0.338 e. The molecule has 6 heteroatoms. The lowest BCUT2D eigenvalue weighted by Gasteiger charge is -2.71. The highest BCUT2D eigenvalue weighted by Crippen LogP contribution is 2.76. The largest absolute Gasteiger partial charge is 0.460 e. The van der Waals surface area contributed by atoms with Crippen LogP contribution in [0.2, 0.25) is 0 Å². The second-order valence-electron chi connectivity index (χ2n) is 21.7. The molecule has 1 saturated heterocycles. The van der Waals surface area contributed by atoms with Crippen LogP contribution in [0.25, 0.3) is 0 Å². The number of rotatable bonds is 7. The number of esters is 2. The van der Waals surface area contributed by atoms with Crippen LogP contribution in [0.5, 0.6) is 0 Å². The number of hydrogen-bond acceptors (Lipinski definition) is 6. The molecule has 310 valence electrons. The summed E-state index contributed by atoms with van der Waals surface area (Å²) < 4.78 is 26.0. The van der Waals surface area contributed by atoms with Crippen LogP contribution in [0.4, 0.5) is 0 Å². The van der Waals surface area contributed by atoms with Gasteiger partial charge >= 0.3 is 11.9 Å². The Balaban J connectivity index is 1.04. The summed E-state index contributed by atoms with van der Waals surface area (Å²) in [6.45, 7) is 22.8. The summed E-state index contributed by atoms with van der Waals surface area (Å²) in [4.78, 5) is 27.8. The van der Waals surface area contributed by atoms with Crippen molar-refractivity contribution in [3.05, 3.63) is 83.4 Å². The van der Waals surface area contributed by atoms with Gasteiger partial charge in [-0.05, 0) is 133 Å². The minimum Gasteiger partial charge on any atom is -0.460 e. The lowest BCUT2D eigenvalue weighted by molar-refractivity contribution is -0.293. The van der Waals surface area contributed by atoms with E-state index in [0.29, 0.717) is 30.6 Å². The lowest BCUT2D eigenvalue weighted by atomic mass is 9.33. The first-order chi connectivity index (χ1) is 27.0. The number of ether oxygens (including phenoxy) is 4. The predicted molar refractivity (Wildman–Crippen MR) is 224 cm³/mol. The van der Waals surface area contributed by atoms with Gasteiger partial charge in [0.25, 0.3) is 0 Å². The van der Waals surface area contributed by atoms with E-state index in [2.05, 4.69) is 80.5 Å². The van der Waals surface area contributed by atoms with Gasteiger partial charge in [0.2, 0.25) is 0 Å². The van der Waals surface area contributed by atoms with E-state index < -0.39 is 17.8 Å². The van der Waals surface area contributed by atoms with Gasteiger partial charge in [-0.25, -0.2) is 4.79 Å². The number of carbonyl (C=O) groups excluding carboxylic acids is 2. The molecule has 0 bridgehead atoms. The number of carbonyl (C=O) groups is 2. The maximum Gasteiger partial charge on any atom is 0.338 e. The molecule has 0 radical (unpaired) electrons. The van der Waals surface area contributed by atoms with Crippen molar-refractivity contribution in [2.45, 2.75) is 152 Å². The van der Waals surface area contributed by atoms with Crippen molar-refractivity contribution >= 4 is 11.9 Å². The van der Waals surface area contributed by atoms with Gasteiger partial charge in [-0.2, -0.15) is 0 Å². The molecule has 8 rings (SSSR count). The van der Waals surface area contributed by atoms with Crippen molar-refractivity contribution in [2.24, 2.45) is 62.1 Å². The molecule has 1 heterocycles. The zero-order chi connectivity index (χ0) is 40.6. The summed E-state index contributed by atoms with van der Waals surface area (Å²) in [5, 5.41) is 0. The highest BCUT2D eigenvalue weighted by atomic mass is 16.7. The minimum atomic E-state index is -0.591. The van der Waals surface area contributed by atoms with Crippen LogP contribution in [0, 0.1) is 62.1 Å². The summed E-state index contributed by atoms with van der Waals surface area (Å²) in [7, 11) is 0. The molecule has 6 aliphatic rings. The van der Waals surface area contributed by atoms with Crippen LogP contribution in [0.1, 0.15) is 142 Å². The molecule has 0 amide bonds.